The van der Waals surface area contributed by atoms with Gasteiger partial charge >= 0.3 is 0 Å². The van der Waals surface area contributed by atoms with Crippen LogP contribution in [0.4, 0.5) is 0 Å². The van der Waals surface area contributed by atoms with E-state index in [2.05, 4.69) is 7.74 Å². The molecule has 0 unspecified atom stereocenters. The van der Waals surface area contributed by atoms with E-state index < -0.39 is 0 Å². The molecule has 1 nitrogen and oxygen atoms in total. The van der Waals surface area contributed by atoms with Crippen LogP contribution in [0.15, 0.2) is 0 Å². The molecule has 0 fully saturated rings. The summed E-state index contributed by atoms with van der Waals surface area (Å²) < 4.78 is 0. The zero-order valence-corrected chi connectivity index (χ0v) is 2.10. The molecule has 0 bridgehead atoms. The summed E-state index contributed by atoms with van der Waals surface area (Å²) in [5.41, 5.74) is 0. The van der Waals surface area contributed by atoms with Gasteiger partial charge in [0.05, 0.1) is 0 Å². The van der Waals surface area contributed by atoms with Gasteiger partial charge in [-0.05, 0) is 5.97 Å². The van der Waals surface area contributed by atoms with Crippen molar-refractivity contribution in [3.63, 3.8) is 0 Å². The van der Waals surface area contributed by atoms with Gasteiger partial charge in [-0.25, -0.2) is 5.26 Å². The number of hydrogen-bond donors (Lipinski definition) is 0. The predicted molar refractivity (Wildman–Crippen MR) is 17.1 cm³/mol. The van der Waals surface area contributed by atoms with E-state index in [1.54, 1.807) is 5.97 Å². The Balaban J connectivity index is 2.43. The Labute approximate surface area is 27.3 Å². The molecule has 0 aromatic rings. The first-order chi connectivity index (χ1) is 1.91. The third-order valence-corrected chi connectivity index (χ3v) is 0.0745. The van der Waals surface area contributed by atoms with Gasteiger partial charge in [-0.1, -0.05) is 0 Å². The van der Waals surface area contributed by atoms with Crippen molar-refractivity contribution in [2.75, 3.05) is 0 Å². The summed E-state index contributed by atoms with van der Waals surface area (Å²) in [5, 5.41) is 7.44. The number of hydrogen-bond acceptors (Lipinski definition) is 1. The van der Waals surface area contributed by atoms with Crippen LogP contribution >= 0.6 is 0 Å². The molecule has 0 N–H and O–H groups in total. The normalized spacial score (nSPS) is 3.75. The molecule has 0 atom stereocenters. The molecular formula is CB2N. The molecule has 15 valence electrons. The zero-order valence-electron chi connectivity index (χ0n) is 2.10. The highest BCUT2D eigenvalue weighted by Crippen LogP contribution is 1.25. The minimum absolute atomic E-state index is 0.931. The van der Waals surface area contributed by atoms with E-state index >= 15 is 0 Å². The monoisotopic (exact) mass is 48.0 g/mol. The Hall–Kier alpha value is -0.380. The lowest BCUT2D eigenvalue weighted by molar-refractivity contribution is 1.56. The van der Waals surface area contributed by atoms with Crippen molar-refractivity contribution in [2.45, 2.75) is 0 Å². The molecule has 0 aromatic carbocycles. The molecule has 0 aliphatic heterocycles. The van der Waals surface area contributed by atoms with E-state index in [4.69, 9.17) is 5.26 Å². The molecule has 0 saturated heterocycles. The number of rotatable bonds is 0. The van der Waals surface area contributed by atoms with Gasteiger partial charge in [0.15, 0.2) is 7.17 Å². The third kappa shape index (κ3) is 1.62. The van der Waals surface area contributed by atoms with Crippen molar-refractivity contribution >= 4 is 14.9 Å². The first-order valence-electron chi connectivity index (χ1n) is 0.846. The molecule has 0 saturated carbocycles. The summed E-state index contributed by atoms with van der Waals surface area (Å²) in [6.07, 6.45) is 0. The maximum atomic E-state index is 7.44. The second-order valence-electron chi connectivity index (χ2n) is 0.296. The minimum atomic E-state index is 0.931. The van der Waals surface area contributed by atoms with Crippen LogP contribution in [0.25, 0.3) is 0 Å². The Morgan fingerprint density at radius 1 is 2.00 bits per heavy atom. The third-order valence-electron chi connectivity index (χ3n) is 0.0745. The maximum Gasteiger partial charge on any atom is 0.196 e. The number of nitrogens with zero attached hydrogens (tertiary/aromatic N) is 1. The van der Waals surface area contributed by atoms with Crippen molar-refractivity contribution in [2.24, 2.45) is 0 Å². The molecule has 0 aromatic heterocycles. The Morgan fingerprint density at radius 3 is 2.25 bits per heavy atom. The van der Waals surface area contributed by atoms with Gasteiger partial charge in [-0.3, -0.25) is 0 Å². The van der Waals surface area contributed by atoms with E-state index in [-0.39, 0.29) is 0 Å². The first-order valence-corrected chi connectivity index (χ1v) is 0.846. The highest BCUT2D eigenvalue weighted by atomic mass is 14.2. The van der Waals surface area contributed by atoms with Crippen LogP contribution in [0.3, 0.4) is 0 Å². The topological polar surface area (TPSA) is 23.8 Å². The quantitative estimate of drug-likeness (QED) is 0.330. The van der Waals surface area contributed by atoms with Gasteiger partial charge in [0.1, 0.15) is 0 Å². The zero-order chi connectivity index (χ0) is 3.41. The summed E-state index contributed by atoms with van der Waals surface area (Å²) in [4.78, 5) is 0. The molecule has 4 heavy (non-hydrogen) atoms. The average molecular weight is 47.6 g/mol. The van der Waals surface area contributed by atoms with Gasteiger partial charge in [-0.2, -0.15) is 0 Å². The minimum Gasteiger partial charge on any atom is -0.214 e. The largest absolute Gasteiger partial charge is 0.214 e. The molecule has 0 rings (SSSR count). The smallest absolute Gasteiger partial charge is 0.196 e. The Morgan fingerprint density at radius 2 is 2.25 bits per heavy atom. The first kappa shape index (κ1) is 3.62. The summed E-state index contributed by atoms with van der Waals surface area (Å²) in [6, 6.07) is 0. The van der Waals surface area contributed by atoms with E-state index in [1.807, 2.05) is 0 Å². The van der Waals surface area contributed by atoms with Crippen molar-refractivity contribution < 1.29 is 0 Å². The summed E-state index contributed by atoms with van der Waals surface area (Å²) in [5.74, 6) is 1.58. The van der Waals surface area contributed by atoms with Crippen LogP contribution in [-0.4, -0.2) is 14.9 Å². The van der Waals surface area contributed by atoms with Crippen LogP contribution in [0, 0.1) is 11.2 Å². The lowest BCUT2D eigenvalue weighted by Crippen LogP contribution is -1.75. The average Bonchev–Trinajstić information content (AvgIpc) is 1.37. The highest BCUT2D eigenvalue weighted by Gasteiger charge is 1.57. The van der Waals surface area contributed by atoms with Gasteiger partial charge in [0, 0.05) is 7.74 Å². The van der Waals surface area contributed by atoms with Gasteiger partial charge in [0.25, 0.3) is 0 Å². The van der Waals surface area contributed by atoms with Crippen LogP contribution in [0.1, 0.15) is 0 Å². The van der Waals surface area contributed by atoms with E-state index in [0.717, 1.165) is 7.17 Å². The van der Waals surface area contributed by atoms with Crippen LogP contribution in [0.2, 0.25) is 0 Å². The Kier molecular flexibility index (Phi) is 2.37. The van der Waals surface area contributed by atoms with Crippen molar-refractivity contribution in [1.29, 1.82) is 5.26 Å². The van der Waals surface area contributed by atoms with Gasteiger partial charge in [0.2, 0.25) is 0 Å². The fourth-order valence-corrected chi connectivity index (χ4v) is 0. The second-order valence-corrected chi connectivity index (χ2v) is 0.296. The second kappa shape index (κ2) is 2.62. The molecule has 3 heteroatoms. The molecule has 0 heterocycles. The van der Waals surface area contributed by atoms with E-state index in [1.165, 1.54) is 0 Å². The Bertz CT molecular complexity index is 35.8. The summed E-state index contributed by atoms with van der Waals surface area (Å²) in [6.45, 7) is 0. The summed E-state index contributed by atoms with van der Waals surface area (Å²) in [7, 11) is 5.47. The predicted octanol–water partition coefficient (Wildman–Crippen LogP) is -0.745. The van der Waals surface area contributed by atoms with E-state index in [9.17, 15) is 0 Å². The molecule has 0 aliphatic rings. The van der Waals surface area contributed by atoms with Crippen LogP contribution in [-0.2, 0) is 0 Å². The van der Waals surface area contributed by atoms with Crippen molar-refractivity contribution in [3.05, 3.63) is 0 Å². The fourth-order valence-electron chi connectivity index (χ4n) is 0. The van der Waals surface area contributed by atoms with Gasteiger partial charge in [-0.15, -0.1) is 0 Å². The molecule has 0 aliphatic carbocycles. The van der Waals surface area contributed by atoms with Gasteiger partial charge < -0.3 is 0 Å². The molecule has 0 amide bonds. The van der Waals surface area contributed by atoms with Crippen LogP contribution in [0.5, 0.6) is 0 Å². The maximum absolute atomic E-state index is 7.44. The molecule has 3 radical (unpaired) electrons. The van der Waals surface area contributed by atoms with E-state index in [0.29, 0.717) is 0 Å². The highest BCUT2D eigenvalue weighted by molar-refractivity contribution is 6.94. The molecule has 0 spiro atoms. The molecular weight excluding hydrogens is 47.6 g/mol. The standard InChI is InChI=1S/CB2N/c2-3-1-4. The van der Waals surface area contributed by atoms with Crippen LogP contribution < -0.4 is 0 Å². The SMILES string of the molecule is [B][B]C#N. The fraction of sp³-hybridized carbons (Fsp3) is 0. The van der Waals surface area contributed by atoms with Crippen molar-refractivity contribution in [1.82, 2.24) is 0 Å². The van der Waals surface area contributed by atoms with Crippen molar-refractivity contribution in [3.8, 4) is 5.97 Å². The summed E-state index contributed by atoms with van der Waals surface area (Å²) >= 11 is 0. The number of nitriles is 1. The lowest BCUT2D eigenvalue weighted by atomic mass is 9.58. The lowest BCUT2D eigenvalue weighted by Gasteiger charge is -1.40.